The van der Waals surface area contributed by atoms with Crippen LogP contribution >= 0.6 is 0 Å². The molecule has 0 heterocycles. The smallest absolute Gasteiger partial charge is 0.160 e. The third-order valence-electron chi connectivity index (χ3n) is 1.78. The van der Waals surface area contributed by atoms with E-state index in [9.17, 15) is 5.11 Å². The Morgan fingerprint density at radius 1 is 1.70 bits per heavy atom. The summed E-state index contributed by atoms with van der Waals surface area (Å²) in [5, 5.41) is 18.5. The van der Waals surface area contributed by atoms with Gasteiger partial charge in [0, 0.05) is 7.05 Å². The van der Waals surface area contributed by atoms with Crippen molar-refractivity contribution in [2.75, 3.05) is 7.05 Å². The lowest BCUT2D eigenvalue weighted by molar-refractivity contribution is -0.132. The molecule has 1 unspecified atom stereocenters. The van der Waals surface area contributed by atoms with Gasteiger partial charge in [-0.3, -0.25) is 0 Å². The van der Waals surface area contributed by atoms with Crippen LogP contribution < -0.4 is 0 Å². The van der Waals surface area contributed by atoms with E-state index in [2.05, 4.69) is 6.58 Å². The van der Waals surface area contributed by atoms with Crippen molar-refractivity contribution in [1.29, 1.82) is 0 Å². The molecule has 2 atom stereocenters. The fourth-order valence-electron chi connectivity index (χ4n) is 0.480. The zero-order chi connectivity index (χ0) is 8.36. The summed E-state index contributed by atoms with van der Waals surface area (Å²) >= 11 is 0. The van der Waals surface area contributed by atoms with Gasteiger partial charge in [0.1, 0.15) is 0 Å². The van der Waals surface area contributed by atoms with Crippen LogP contribution in [0.5, 0.6) is 0 Å². The van der Waals surface area contributed by atoms with Gasteiger partial charge in [-0.05, 0) is 20.0 Å². The molecule has 0 aromatic rings. The van der Waals surface area contributed by atoms with E-state index in [1.165, 1.54) is 24.9 Å². The first-order valence-corrected chi connectivity index (χ1v) is 3.19. The van der Waals surface area contributed by atoms with Crippen LogP contribution in [-0.2, 0) is 0 Å². The first-order chi connectivity index (χ1) is 4.42. The number of hydrogen-bond acceptors (Lipinski definition) is 3. The molecule has 3 nitrogen and oxygen atoms in total. The van der Waals surface area contributed by atoms with Crippen LogP contribution in [0.25, 0.3) is 0 Å². The lowest BCUT2D eigenvalue weighted by atomic mass is 10.1. The van der Waals surface area contributed by atoms with E-state index in [1.807, 2.05) is 0 Å². The van der Waals surface area contributed by atoms with E-state index in [0.29, 0.717) is 0 Å². The number of likely N-dealkylation sites (N-methyl/N-ethyl adjacent to an activating group) is 1. The predicted octanol–water partition coefficient (Wildman–Crippen LogP) is 0.151. The second-order valence-electron chi connectivity index (χ2n) is 2.56. The number of hydrogen-bond donors (Lipinski definition) is 2. The topological polar surface area (TPSA) is 43.7 Å². The minimum Gasteiger partial charge on any atom is -0.388 e. The molecule has 2 N–H and O–H groups in total. The molecule has 0 saturated heterocycles. The van der Waals surface area contributed by atoms with Gasteiger partial charge in [0.15, 0.2) is 5.72 Å². The van der Waals surface area contributed by atoms with Crippen molar-refractivity contribution in [3.05, 3.63) is 12.8 Å². The molecule has 0 amide bonds. The summed E-state index contributed by atoms with van der Waals surface area (Å²) in [6.45, 7) is 6.52. The predicted molar refractivity (Wildman–Crippen MR) is 40.3 cm³/mol. The fourth-order valence-corrected chi connectivity index (χ4v) is 0.480. The normalized spacial score (nSPS) is 19.3. The Balaban J connectivity index is 4.22. The molecule has 0 aliphatic heterocycles. The minimum atomic E-state index is -1.22. The number of aliphatic hydroxyl groups excluding tert-OH is 1. The second-order valence-corrected chi connectivity index (χ2v) is 2.56. The summed E-state index contributed by atoms with van der Waals surface area (Å²) in [5.74, 6) is 0. The SMILES string of the molecule is C=CN(C)[C@@](C)(O)C(C)O. The summed E-state index contributed by atoms with van der Waals surface area (Å²) < 4.78 is 0. The van der Waals surface area contributed by atoms with E-state index >= 15 is 0 Å². The van der Waals surface area contributed by atoms with Gasteiger partial charge >= 0.3 is 0 Å². The van der Waals surface area contributed by atoms with Gasteiger partial charge in [0.2, 0.25) is 0 Å². The quantitative estimate of drug-likeness (QED) is 0.556. The van der Waals surface area contributed by atoms with Crippen LogP contribution in [-0.4, -0.2) is 34.0 Å². The van der Waals surface area contributed by atoms with E-state index in [1.54, 1.807) is 7.05 Å². The van der Waals surface area contributed by atoms with E-state index in [-0.39, 0.29) is 0 Å². The van der Waals surface area contributed by atoms with Crippen LogP contribution in [0.1, 0.15) is 13.8 Å². The van der Waals surface area contributed by atoms with Crippen LogP contribution in [0.2, 0.25) is 0 Å². The standard InChI is InChI=1S/C7H15NO2/c1-5-8(4)7(3,10)6(2)9/h5-6,9-10H,1H2,2-4H3/t6?,7-/m0/s1. The number of rotatable bonds is 3. The van der Waals surface area contributed by atoms with Crippen molar-refractivity contribution in [2.24, 2.45) is 0 Å². The van der Waals surface area contributed by atoms with Crippen molar-refractivity contribution in [3.63, 3.8) is 0 Å². The van der Waals surface area contributed by atoms with E-state index in [0.717, 1.165) is 0 Å². The van der Waals surface area contributed by atoms with Crippen molar-refractivity contribution >= 4 is 0 Å². The maximum Gasteiger partial charge on any atom is 0.160 e. The van der Waals surface area contributed by atoms with Gasteiger partial charge in [-0.25, -0.2) is 0 Å². The Hall–Kier alpha value is -0.540. The third-order valence-corrected chi connectivity index (χ3v) is 1.78. The van der Waals surface area contributed by atoms with Gasteiger partial charge in [-0.2, -0.15) is 0 Å². The molecule has 3 heteroatoms. The van der Waals surface area contributed by atoms with E-state index in [4.69, 9.17) is 5.11 Å². The largest absolute Gasteiger partial charge is 0.388 e. The fraction of sp³-hybridized carbons (Fsp3) is 0.714. The highest BCUT2D eigenvalue weighted by Gasteiger charge is 2.29. The monoisotopic (exact) mass is 145 g/mol. The van der Waals surface area contributed by atoms with Crippen molar-refractivity contribution in [2.45, 2.75) is 25.7 Å². The van der Waals surface area contributed by atoms with Crippen LogP contribution in [0.3, 0.4) is 0 Å². The van der Waals surface area contributed by atoms with Crippen molar-refractivity contribution in [3.8, 4) is 0 Å². The van der Waals surface area contributed by atoms with Crippen molar-refractivity contribution < 1.29 is 10.2 Å². The molecule has 0 aliphatic rings. The van der Waals surface area contributed by atoms with Crippen molar-refractivity contribution in [1.82, 2.24) is 4.90 Å². The molecule has 0 fully saturated rings. The second kappa shape index (κ2) is 3.03. The molecule has 0 rings (SSSR count). The van der Waals surface area contributed by atoms with Gasteiger partial charge in [-0.15, -0.1) is 0 Å². The van der Waals surface area contributed by atoms with Crippen LogP contribution in [0.4, 0.5) is 0 Å². The highest BCUT2D eigenvalue weighted by atomic mass is 16.4. The highest BCUT2D eigenvalue weighted by Crippen LogP contribution is 2.13. The molecule has 10 heavy (non-hydrogen) atoms. The average molecular weight is 145 g/mol. The molecular formula is C7H15NO2. The Labute approximate surface area is 61.6 Å². The highest BCUT2D eigenvalue weighted by molar-refractivity contribution is 4.83. The Morgan fingerprint density at radius 3 is 2.20 bits per heavy atom. The molecule has 0 aliphatic carbocycles. The number of aliphatic hydroxyl groups is 2. The Bertz CT molecular complexity index is 121. The zero-order valence-corrected chi connectivity index (χ0v) is 6.70. The minimum absolute atomic E-state index is 0.796. The summed E-state index contributed by atoms with van der Waals surface area (Å²) in [7, 11) is 1.65. The maximum absolute atomic E-state index is 9.46. The molecule has 0 aromatic carbocycles. The molecule has 0 aromatic heterocycles. The average Bonchev–Trinajstić information content (AvgIpc) is 1.86. The van der Waals surface area contributed by atoms with Gasteiger partial charge in [0.25, 0.3) is 0 Å². The first-order valence-electron chi connectivity index (χ1n) is 3.19. The lowest BCUT2D eigenvalue weighted by Crippen LogP contribution is -2.49. The van der Waals surface area contributed by atoms with Crippen LogP contribution in [0, 0.1) is 0 Å². The Kier molecular flexibility index (Phi) is 2.87. The summed E-state index contributed by atoms with van der Waals surface area (Å²) in [6, 6.07) is 0. The van der Waals surface area contributed by atoms with Gasteiger partial charge < -0.3 is 15.1 Å². The van der Waals surface area contributed by atoms with Gasteiger partial charge in [-0.1, -0.05) is 6.58 Å². The number of nitrogens with zero attached hydrogens (tertiary/aromatic N) is 1. The van der Waals surface area contributed by atoms with Crippen LogP contribution in [0.15, 0.2) is 12.8 Å². The molecular weight excluding hydrogens is 130 g/mol. The molecule has 0 saturated carbocycles. The molecule has 60 valence electrons. The molecule has 0 radical (unpaired) electrons. The Morgan fingerprint density at radius 2 is 2.10 bits per heavy atom. The van der Waals surface area contributed by atoms with E-state index < -0.39 is 11.8 Å². The summed E-state index contributed by atoms with van der Waals surface area (Å²) in [5.41, 5.74) is -1.22. The third kappa shape index (κ3) is 1.72. The van der Waals surface area contributed by atoms with Gasteiger partial charge in [0.05, 0.1) is 6.10 Å². The molecule has 0 spiro atoms. The lowest BCUT2D eigenvalue weighted by Gasteiger charge is -2.35. The molecule has 0 bridgehead atoms. The zero-order valence-electron chi connectivity index (χ0n) is 6.70. The summed E-state index contributed by atoms with van der Waals surface area (Å²) in [6.07, 6.45) is 0.669. The summed E-state index contributed by atoms with van der Waals surface area (Å²) in [4.78, 5) is 1.46. The maximum atomic E-state index is 9.46. The first kappa shape index (κ1) is 9.46.